The Labute approximate surface area is 97.3 Å². The highest BCUT2D eigenvalue weighted by atomic mass is 35.5. The van der Waals surface area contributed by atoms with Crippen molar-refractivity contribution in [1.29, 1.82) is 0 Å². The van der Waals surface area contributed by atoms with E-state index in [1.807, 2.05) is 4.90 Å². The summed E-state index contributed by atoms with van der Waals surface area (Å²) in [6.07, 6.45) is 2.70. The molecule has 0 radical (unpaired) electrons. The molecule has 0 aromatic carbocycles. The van der Waals surface area contributed by atoms with Gasteiger partial charge >= 0.3 is 0 Å². The predicted molar refractivity (Wildman–Crippen MR) is 64.1 cm³/mol. The lowest BCUT2D eigenvalue weighted by Crippen LogP contribution is -2.32. The van der Waals surface area contributed by atoms with Crippen LogP contribution in [-0.2, 0) is 4.79 Å². The molecule has 1 aliphatic heterocycles. The van der Waals surface area contributed by atoms with Crippen molar-refractivity contribution in [2.75, 3.05) is 19.0 Å². The summed E-state index contributed by atoms with van der Waals surface area (Å²) in [4.78, 5) is 13.7. The zero-order valence-electron chi connectivity index (χ0n) is 9.68. The number of rotatable bonds is 3. The molecule has 1 rings (SSSR count). The maximum atomic E-state index is 11.8. The molecule has 1 saturated heterocycles. The van der Waals surface area contributed by atoms with Gasteiger partial charge in [-0.05, 0) is 23.8 Å². The van der Waals surface area contributed by atoms with Gasteiger partial charge in [0.05, 0.1) is 0 Å². The molecule has 0 spiro atoms. The molecule has 0 atom stereocenters. The number of nitrogens with zero attached hydrogens (tertiary/aromatic N) is 1. The Hall–Kier alpha value is -0.500. The fourth-order valence-corrected chi connectivity index (χ4v) is 1.85. The van der Waals surface area contributed by atoms with Crippen LogP contribution in [0.25, 0.3) is 0 Å². The molecule has 0 aromatic heterocycles. The van der Waals surface area contributed by atoms with E-state index < -0.39 is 0 Å². The van der Waals surface area contributed by atoms with E-state index >= 15 is 0 Å². The molecular formula is C12H20ClNO. The number of carbonyl (C=O) groups is 1. The molecule has 1 amide bonds. The first kappa shape index (κ1) is 12.6. The van der Waals surface area contributed by atoms with Crippen LogP contribution in [0.3, 0.4) is 0 Å². The van der Waals surface area contributed by atoms with Crippen molar-refractivity contribution in [2.24, 2.45) is 5.41 Å². The summed E-state index contributed by atoms with van der Waals surface area (Å²) < 4.78 is 0. The van der Waals surface area contributed by atoms with Crippen molar-refractivity contribution in [2.45, 2.75) is 33.1 Å². The van der Waals surface area contributed by atoms with E-state index in [2.05, 4.69) is 20.4 Å². The summed E-state index contributed by atoms with van der Waals surface area (Å²) in [5, 5.41) is 0. The molecule has 0 unspecified atom stereocenters. The Bertz CT molecular complexity index is 260. The normalized spacial score (nSPS) is 21.3. The second-order valence-corrected chi connectivity index (χ2v) is 5.38. The number of likely N-dealkylation sites (tertiary alicyclic amines) is 1. The first-order valence-corrected chi connectivity index (χ1v) is 5.98. The third-order valence-corrected chi connectivity index (χ3v) is 3.41. The minimum Gasteiger partial charge on any atom is -0.339 e. The van der Waals surface area contributed by atoms with Gasteiger partial charge in [0.25, 0.3) is 0 Å². The van der Waals surface area contributed by atoms with Crippen LogP contribution in [0.5, 0.6) is 0 Å². The fraction of sp³-hybridized carbons (Fsp3) is 0.750. The number of carbonyl (C=O) groups excluding carboxylic acids is 1. The van der Waals surface area contributed by atoms with Crippen LogP contribution in [-0.4, -0.2) is 29.8 Å². The van der Waals surface area contributed by atoms with Crippen LogP contribution in [0.4, 0.5) is 0 Å². The zero-order chi connectivity index (χ0) is 11.5. The first-order valence-electron chi connectivity index (χ1n) is 5.45. The number of amides is 1. The van der Waals surface area contributed by atoms with Crippen molar-refractivity contribution in [3.05, 3.63) is 12.2 Å². The second-order valence-electron chi connectivity index (χ2n) is 5.11. The number of hydrogen-bond donors (Lipinski definition) is 0. The van der Waals surface area contributed by atoms with Gasteiger partial charge in [-0.15, -0.1) is 11.6 Å². The van der Waals surface area contributed by atoms with E-state index in [1.54, 1.807) is 0 Å². The number of alkyl halides is 1. The Morgan fingerprint density at radius 2 is 2.20 bits per heavy atom. The maximum absolute atomic E-state index is 11.8. The van der Waals surface area contributed by atoms with Gasteiger partial charge in [-0.25, -0.2) is 0 Å². The lowest BCUT2D eigenvalue weighted by atomic mass is 9.85. The molecule has 1 aliphatic rings. The maximum Gasteiger partial charge on any atom is 0.222 e. The average molecular weight is 230 g/mol. The molecule has 86 valence electrons. The predicted octanol–water partition coefficient (Wildman–Crippen LogP) is 2.82. The largest absolute Gasteiger partial charge is 0.339 e. The van der Waals surface area contributed by atoms with Gasteiger partial charge in [-0.3, -0.25) is 4.79 Å². The van der Waals surface area contributed by atoms with Gasteiger partial charge < -0.3 is 4.90 Å². The van der Waals surface area contributed by atoms with Crippen LogP contribution >= 0.6 is 11.6 Å². The second kappa shape index (κ2) is 5.02. The van der Waals surface area contributed by atoms with Crippen LogP contribution < -0.4 is 0 Å². The molecule has 0 aliphatic carbocycles. The van der Waals surface area contributed by atoms with Crippen LogP contribution in [0, 0.1) is 5.41 Å². The van der Waals surface area contributed by atoms with Gasteiger partial charge in [0, 0.05) is 25.4 Å². The van der Waals surface area contributed by atoms with Crippen molar-refractivity contribution >= 4 is 17.5 Å². The summed E-state index contributed by atoms with van der Waals surface area (Å²) in [6.45, 7) is 9.75. The smallest absolute Gasteiger partial charge is 0.222 e. The molecule has 2 nitrogen and oxygen atoms in total. The Kier molecular flexibility index (Phi) is 4.21. The van der Waals surface area contributed by atoms with Crippen molar-refractivity contribution in [1.82, 2.24) is 4.90 Å². The van der Waals surface area contributed by atoms with Gasteiger partial charge in [0.15, 0.2) is 0 Å². The van der Waals surface area contributed by atoms with Crippen LogP contribution in [0.15, 0.2) is 12.2 Å². The molecule has 0 aromatic rings. The zero-order valence-corrected chi connectivity index (χ0v) is 10.4. The van der Waals surface area contributed by atoms with E-state index in [4.69, 9.17) is 11.6 Å². The van der Waals surface area contributed by atoms with E-state index in [0.717, 1.165) is 25.0 Å². The molecule has 1 heterocycles. The monoisotopic (exact) mass is 229 g/mol. The molecule has 15 heavy (non-hydrogen) atoms. The molecule has 1 fully saturated rings. The van der Waals surface area contributed by atoms with E-state index in [0.29, 0.717) is 18.8 Å². The number of halogens is 1. The third kappa shape index (κ3) is 3.86. The summed E-state index contributed by atoms with van der Waals surface area (Å²) in [5.41, 5.74) is 1.21. The highest BCUT2D eigenvalue weighted by Crippen LogP contribution is 2.30. The van der Waals surface area contributed by atoms with E-state index in [9.17, 15) is 4.79 Å². The summed E-state index contributed by atoms with van der Waals surface area (Å²) in [6, 6.07) is 0. The van der Waals surface area contributed by atoms with Crippen molar-refractivity contribution in [3.8, 4) is 0 Å². The minimum absolute atomic E-state index is 0.242. The topological polar surface area (TPSA) is 20.3 Å². The van der Waals surface area contributed by atoms with Crippen LogP contribution in [0.2, 0.25) is 0 Å². The molecule has 0 saturated carbocycles. The van der Waals surface area contributed by atoms with Gasteiger partial charge in [-0.1, -0.05) is 20.4 Å². The standard InChI is InChI=1S/C12H20ClNO/c1-10(8-13)9-14-7-6-12(2,3)5-4-11(14)15/h1,4-9H2,2-3H3. The van der Waals surface area contributed by atoms with Gasteiger partial charge in [0.1, 0.15) is 0 Å². The van der Waals surface area contributed by atoms with Crippen LogP contribution in [0.1, 0.15) is 33.1 Å². The Morgan fingerprint density at radius 3 is 2.80 bits per heavy atom. The van der Waals surface area contributed by atoms with Crippen molar-refractivity contribution in [3.63, 3.8) is 0 Å². The SMILES string of the molecule is C=C(CCl)CN1CCC(C)(C)CCC1=O. The lowest BCUT2D eigenvalue weighted by molar-refractivity contribution is -0.130. The van der Waals surface area contributed by atoms with E-state index in [-0.39, 0.29) is 11.3 Å². The third-order valence-electron chi connectivity index (χ3n) is 3.03. The first-order chi connectivity index (χ1) is 6.94. The van der Waals surface area contributed by atoms with Crippen molar-refractivity contribution < 1.29 is 4.79 Å². The number of hydrogen-bond acceptors (Lipinski definition) is 1. The minimum atomic E-state index is 0.242. The Morgan fingerprint density at radius 1 is 1.53 bits per heavy atom. The summed E-state index contributed by atoms with van der Waals surface area (Å²) in [7, 11) is 0. The molecular weight excluding hydrogens is 210 g/mol. The van der Waals surface area contributed by atoms with Gasteiger partial charge in [-0.2, -0.15) is 0 Å². The fourth-order valence-electron chi connectivity index (χ4n) is 1.77. The summed E-state index contributed by atoms with van der Waals surface area (Å²) >= 11 is 5.68. The Balaban J connectivity index is 2.58. The van der Waals surface area contributed by atoms with E-state index in [1.165, 1.54) is 0 Å². The summed E-state index contributed by atoms with van der Waals surface area (Å²) in [5.74, 6) is 0.680. The average Bonchev–Trinajstić information content (AvgIpc) is 2.31. The highest BCUT2D eigenvalue weighted by Gasteiger charge is 2.27. The molecule has 3 heteroatoms. The van der Waals surface area contributed by atoms with Gasteiger partial charge in [0.2, 0.25) is 5.91 Å². The lowest BCUT2D eigenvalue weighted by Gasteiger charge is -2.23. The highest BCUT2D eigenvalue weighted by molar-refractivity contribution is 6.19. The quantitative estimate of drug-likeness (QED) is 0.538. The molecule has 0 bridgehead atoms. The molecule has 0 N–H and O–H groups in total.